The summed E-state index contributed by atoms with van der Waals surface area (Å²) in [4.78, 5) is 12.4. The molecule has 0 saturated carbocycles. The molecule has 0 aliphatic heterocycles. The minimum Gasteiger partial charge on any atom is -0.332 e. The third-order valence-corrected chi connectivity index (χ3v) is 6.34. The minimum atomic E-state index is -3.64. The van der Waals surface area contributed by atoms with Crippen molar-refractivity contribution in [2.24, 2.45) is 0 Å². The van der Waals surface area contributed by atoms with Crippen molar-refractivity contribution >= 4 is 61.5 Å². The lowest BCUT2D eigenvalue weighted by Gasteiger charge is -2.11. The second-order valence-electron chi connectivity index (χ2n) is 6.25. The number of benzene rings is 3. The first-order chi connectivity index (χ1) is 14.3. The molecule has 3 rings (SSSR count). The van der Waals surface area contributed by atoms with Crippen LogP contribution in [0.5, 0.6) is 0 Å². The highest BCUT2D eigenvalue weighted by atomic mass is 127. The smallest absolute Gasteiger partial charge is 0.257 e. The van der Waals surface area contributed by atoms with Crippen molar-refractivity contribution in [1.82, 2.24) is 10.0 Å². The van der Waals surface area contributed by atoms with Gasteiger partial charge in [-0.1, -0.05) is 36.4 Å². The lowest BCUT2D eigenvalue weighted by Crippen LogP contribution is -2.34. The predicted octanol–water partition coefficient (Wildman–Crippen LogP) is 3.90. The van der Waals surface area contributed by atoms with E-state index in [1.165, 1.54) is 12.1 Å². The molecule has 3 N–H and O–H groups in total. The van der Waals surface area contributed by atoms with Crippen molar-refractivity contribution in [3.63, 3.8) is 0 Å². The Morgan fingerprint density at radius 2 is 1.63 bits per heavy atom. The molecule has 0 saturated heterocycles. The summed E-state index contributed by atoms with van der Waals surface area (Å²) in [7, 11) is -3.64. The summed E-state index contributed by atoms with van der Waals surface area (Å²) in [6, 6.07) is 22.5. The van der Waals surface area contributed by atoms with Gasteiger partial charge in [-0.15, -0.1) is 0 Å². The standard InChI is InChI=1S/C21H18IN3O3S2/c22-17-8-4-7-16(13-17)20(26)25-21(29)24-18-9-11-19(12-10-18)30(27,28)23-14-15-5-2-1-3-6-15/h1-13,23H,14H2,(H2,24,25,26,29). The van der Waals surface area contributed by atoms with Crippen LogP contribution >= 0.6 is 34.8 Å². The Kier molecular flexibility index (Phi) is 7.53. The van der Waals surface area contributed by atoms with Crippen molar-refractivity contribution in [2.75, 3.05) is 5.32 Å². The Balaban J connectivity index is 1.58. The zero-order valence-corrected chi connectivity index (χ0v) is 19.4. The summed E-state index contributed by atoms with van der Waals surface area (Å²) in [5, 5.41) is 5.60. The number of amides is 1. The Morgan fingerprint density at radius 3 is 2.30 bits per heavy atom. The maximum absolute atomic E-state index is 12.5. The molecule has 0 fully saturated rings. The fourth-order valence-corrected chi connectivity index (χ4v) is 4.31. The zero-order valence-electron chi connectivity index (χ0n) is 15.6. The Bertz CT molecular complexity index is 1150. The fraction of sp³-hybridized carbons (Fsp3) is 0.0476. The highest BCUT2D eigenvalue weighted by molar-refractivity contribution is 14.1. The Hall–Kier alpha value is -2.34. The van der Waals surface area contributed by atoms with Gasteiger partial charge < -0.3 is 5.32 Å². The average molecular weight is 551 g/mol. The number of carbonyl (C=O) groups excluding carboxylic acids is 1. The molecule has 0 radical (unpaired) electrons. The summed E-state index contributed by atoms with van der Waals surface area (Å²) >= 11 is 7.30. The predicted molar refractivity (Wildman–Crippen MR) is 130 cm³/mol. The molecule has 3 aromatic carbocycles. The van der Waals surface area contributed by atoms with Gasteiger partial charge in [0.2, 0.25) is 10.0 Å². The second kappa shape index (κ2) is 10.1. The normalized spacial score (nSPS) is 11.0. The van der Waals surface area contributed by atoms with Crippen LogP contribution in [-0.2, 0) is 16.6 Å². The fourth-order valence-electron chi connectivity index (χ4n) is 2.54. The number of anilines is 1. The van der Waals surface area contributed by atoms with Gasteiger partial charge in [0.25, 0.3) is 5.91 Å². The van der Waals surface area contributed by atoms with Gasteiger partial charge in [0, 0.05) is 21.4 Å². The molecule has 30 heavy (non-hydrogen) atoms. The summed E-state index contributed by atoms with van der Waals surface area (Å²) in [5.41, 5.74) is 1.93. The van der Waals surface area contributed by atoms with E-state index in [1.807, 2.05) is 36.4 Å². The lowest BCUT2D eigenvalue weighted by atomic mass is 10.2. The average Bonchev–Trinajstić information content (AvgIpc) is 2.73. The Labute approximate surface area is 194 Å². The first-order valence-corrected chi connectivity index (χ1v) is 11.8. The van der Waals surface area contributed by atoms with E-state index in [4.69, 9.17) is 12.2 Å². The monoisotopic (exact) mass is 551 g/mol. The van der Waals surface area contributed by atoms with E-state index in [9.17, 15) is 13.2 Å². The number of hydrogen-bond donors (Lipinski definition) is 3. The molecular weight excluding hydrogens is 533 g/mol. The van der Waals surface area contributed by atoms with E-state index in [1.54, 1.807) is 30.3 Å². The maximum atomic E-state index is 12.5. The molecule has 0 heterocycles. The lowest BCUT2D eigenvalue weighted by molar-refractivity contribution is 0.0977. The molecule has 0 spiro atoms. The molecule has 6 nitrogen and oxygen atoms in total. The van der Waals surface area contributed by atoms with Crippen LogP contribution in [0.4, 0.5) is 5.69 Å². The number of rotatable bonds is 6. The third kappa shape index (κ3) is 6.33. The van der Waals surface area contributed by atoms with Gasteiger partial charge in [0.05, 0.1) is 4.90 Å². The van der Waals surface area contributed by atoms with Gasteiger partial charge in [0.15, 0.2) is 5.11 Å². The quantitative estimate of drug-likeness (QED) is 0.320. The van der Waals surface area contributed by atoms with Crippen LogP contribution in [0.3, 0.4) is 0 Å². The van der Waals surface area contributed by atoms with E-state index in [0.29, 0.717) is 11.3 Å². The number of nitrogens with one attached hydrogen (secondary N) is 3. The van der Waals surface area contributed by atoms with E-state index >= 15 is 0 Å². The van der Waals surface area contributed by atoms with Gasteiger partial charge in [-0.25, -0.2) is 13.1 Å². The van der Waals surface area contributed by atoms with Gasteiger partial charge in [-0.3, -0.25) is 10.1 Å². The molecule has 3 aromatic rings. The molecule has 0 atom stereocenters. The highest BCUT2D eigenvalue weighted by Crippen LogP contribution is 2.15. The van der Waals surface area contributed by atoms with Gasteiger partial charge in [-0.05, 0) is 82.8 Å². The topological polar surface area (TPSA) is 87.3 Å². The first-order valence-electron chi connectivity index (χ1n) is 8.85. The van der Waals surface area contributed by atoms with Gasteiger partial charge in [0.1, 0.15) is 0 Å². The molecule has 0 aliphatic carbocycles. The molecule has 0 aromatic heterocycles. The van der Waals surface area contributed by atoms with Crippen LogP contribution in [0.2, 0.25) is 0 Å². The highest BCUT2D eigenvalue weighted by Gasteiger charge is 2.14. The van der Waals surface area contributed by atoms with E-state index in [-0.39, 0.29) is 22.5 Å². The molecule has 0 bridgehead atoms. The number of carbonyl (C=O) groups is 1. The minimum absolute atomic E-state index is 0.122. The third-order valence-electron chi connectivity index (χ3n) is 4.05. The van der Waals surface area contributed by atoms with Crippen molar-refractivity contribution < 1.29 is 13.2 Å². The van der Waals surface area contributed by atoms with Crippen LogP contribution in [0.1, 0.15) is 15.9 Å². The number of sulfonamides is 1. The van der Waals surface area contributed by atoms with E-state index < -0.39 is 10.0 Å². The molecule has 0 unspecified atom stereocenters. The number of thiocarbonyl (C=S) groups is 1. The molecule has 0 aliphatic rings. The van der Waals surface area contributed by atoms with E-state index in [2.05, 4.69) is 37.9 Å². The number of halogens is 1. The summed E-state index contributed by atoms with van der Waals surface area (Å²) in [5.74, 6) is -0.324. The van der Waals surface area contributed by atoms with Crippen molar-refractivity contribution in [3.05, 3.63) is 93.6 Å². The SMILES string of the molecule is O=C(NC(=S)Nc1ccc(S(=O)(=O)NCc2ccccc2)cc1)c1cccc(I)c1. The molecule has 1 amide bonds. The Morgan fingerprint density at radius 1 is 0.933 bits per heavy atom. The van der Waals surface area contributed by atoms with Gasteiger partial charge >= 0.3 is 0 Å². The van der Waals surface area contributed by atoms with Crippen LogP contribution in [-0.4, -0.2) is 19.4 Å². The summed E-state index contributed by atoms with van der Waals surface area (Å²) in [6.45, 7) is 0.206. The molecule has 9 heteroatoms. The second-order valence-corrected chi connectivity index (χ2v) is 9.67. The van der Waals surface area contributed by atoms with Crippen LogP contribution in [0.25, 0.3) is 0 Å². The van der Waals surface area contributed by atoms with Crippen molar-refractivity contribution in [1.29, 1.82) is 0 Å². The van der Waals surface area contributed by atoms with Crippen LogP contribution in [0.15, 0.2) is 83.8 Å². The number of hydrogen-bond acceptors (Lipinski definition) is 4. The van der Waals surface area contributed by atoms with Crippen LogP contribution in [0, 0.1) is 3.57 Å². The van der Waals surface area contributed by atoms with Crippen molar-refractivity contribution in [3.8, 4) is 0 Å². The zero-order chi connectivity index (χ0) is 21.6. The summed E-state index contributed by atoms with van der Waals surface area (Å²) < 4.78 is 28.4. The molecular formula is C21H18IN3O3S2. The van der Waals surface area contributed by atoms with Crippen LogP contribution < -0.4 is 15.4 Å². The van der Waals surface area contributed by atoms with Crippen molar-refractivity contribution in [2.45, 2.75) is 11.4 Å². The first kappa shape index (κ1) is 22.3. The van der Waals surface area contributed by atoms with E-state index in [0.717, 1.165) is 9.13 Å². The molecule has 154 valence electrons. The maximum Gasteiger partial charge on any atom is 0.257 e. The largest absolute Gasteiger partial charge is 0.332 e. The van der Waals surface area contributed by atoms with Gasteiger partial charge in [-0.2, -0.15) is 0 Å². The summed E-state index contributed by atoms with van der Waals surface area (Å²) in [6.07, 6.45) is 0.